The highest BCUT2D eigenvalue weighted by Crippen LogP contribution is 2.13. The molecule has 212 valence electrons. The van der Waals surface area contributed by atoms with Gasteiger partial charge in [0.05, 0.1) is 6.61 Å². The third kappa shape index (κ3) is 31.0. The molecule has 0 N–H and O–H groups in total. The van der Waals surface area contributed by atoms with Crippen LogP contribution in [0.5, 0.6) is 0 Å². The maximum Gasteiger partial charge on any atom is 0.305 e. The first-order valence-corrected chi connectivity index (χ1v) is 16.3. The summed E-state index contributed by atoms with van der Waals surface area (Å²) in [5.41, 5.74) is 0. The summed E-state index contributed by atoms with van der Waals surface area (Å²) in [5.74, 6) is 0.00961. The third-order valence-corrected chi connectivity index (χ3v) is 7.09. The minimum absolute atomic E-state index is 0.00961. The molecule has 0 bridgehead atoms. The van der Waals surface area contributed by atoms with Gasteiger partial charge in [-0.05, 0) is 44.9 Å². The Bertz CT molecular complexity index is 480. The second kappa shape index (κ2) is 32.0. The first kappa shape index (κ1) is 35.0. The van der Waals surface area contributed by atoms with Gasteiger partial charge in [-0.2, -0.15) is 0 Å². The van der Waals surface area contributed by atoms with Crippen molar-refractivity contribution in [3.8, 4) is 0 Å². The van der Waals surface area contributed by atoms with E-state index in [4.69, 9.17) is 4.74 Å². The fraction of sp³-hybridized carbons (Fsp3) is 0.853. The second-order valence-corrected chi connectivity index (χ2v) is 10.8. The van der Waals surface area contributed by atoms with Gasteiger partial charge in [0.1, 0.15) is 0 Å². The topological polar surface area (TPSA) is 26.3 Å². The molecule has 0 rings (SSSR count). The molecule has 0 unspecified atom stereocenters. The smallest absolute Gasteiger partial charge is 0.305 e. The van der Waals surface area contributed by atoms with Crippen molar-refractivity contribution in [2.24, 2.45) is 0 Å². The molecule has 0 atom stereocenters. The molecule has 0 aromatic rings. The number of allylic oxidation sites excluding steroid dienone is 4. The standard InChI is InChI=1S/C34H64O2/c1-3-5-7-9-11-13-15-17-19-20-22-24-26-28-30-32-34(35)36-33-31-29-27-25-23-21-18-16-14-12-10-8-6-4-2/h11,13,17,19H,3-10,12,14-16,18,20-33H2,1-2H3. The Labute approximate surface area is 227 Å². The fourth-order valence-electron chi connectivity index (χ4n) is 4.64. The normalized spacial score (nSPS) is 11.7. The molecule has 0 aromatic heterocycles. The molecular formula is C34H64O2. The molecular weight excluding hydrogens is 440 g/mol. The van der Waals surface area contributed by atoms with Crippen LogP contribution >= 0.6 is 0 Å². The van der Waals surface area contributed by atoms with E-state index in [0.29, 0.717) is 13.0 Å². The summed E-state index contributed by atoms with van der Waals surface area (Å²) in [6.45, 7) is 5.16. The first-order valence-electron chi connectivity index (χ1n) is 16.3. The number of carbonyl (C=O) groups is 1. The van der Waals surface area contributed by atoms with E-state index in [1.807, 2.05) is 0 Å². The van der Waals surface area contributed by atoms with Crippen LogP contribution in [0.15, 0.2) is 24.3 Å². The zero-order chi connectivity index (χ0) is 26.2. The van der Waals surface area contributed by atoms with E-state index in [9.17, 15) is 4.79 Å². The van der Waals surface area contributed by atoms with E-state index in [1.165, 1.54) is 135 Å². The number of hydrogen-bond donors (Lipinski definition) is 0. The molecule has 0 spiro atoms. The van der Waals surface area contributed by atoms with Crippen LogP contribution in [0.4, 0.5) is 0 Å². The van der Waals surface area contributed by atoms with E-state index in [-0.39, 0.29) is 5.97 Å². The van der Waals surface area contributed by atoms with Crippen molar-refractivity contribution >= 4 is 5.97 Å². The molecule has 0 aromatic carbocycles. The Morgan fingerprint density at radius 1 is 0.472 bits per heavy atom. The molecule has 0 radical (unpaired) electrons. The van der Waals surface area contributed by atoms with Crippen molar-refractivity contribution in [2.45, 2.75) is 181 Å². The second-order valence-electron chi connectivity index (χ2n) is 10.8. The number of unbranched alkanes of at least 4 members (excludes halogenated alkanes) is 21. The Morgan fingerprint density at radius 2 is 0.861 bits per heavy atom. The molecule has 36 heavy (non-hydrogen) atoms. The summed E-state index contributed by atoms with van der Waals surface area (Å²) in [4.78, 5) is 11.9. The van der Waals surface area contributed by atoms with Gasteiger partial charge in [0.2, 0.25) is 0 Å². The number of hydrogen-bond acceptors (Lipinski definition) is 2. The quantitative estimate of drug-likeness (QED) is 0.0575. The zero-order valence-corrected chi connectivity index (χ0v) is 24.7. The Kier molecular flexibility index (Phi) is 31.0. The predicted octanol–water partition coefficient (Wildman–Crippen LogP) is 11.8. The molecule has 2 nitrogen and oxygen atoms in total. The summed E-state index contributed by atoms with van der Waals surface area (Å²) in [5, 5.41) is 0. The van der Waals surface area contributed by atoms with Gasteiger partial charge in [0.15, 0.2) is 0 Å². The van der Waals surface area contributed by atoms with E-state index in [1.54, 1.807) is 0 Å². The third-order valence-electron chi connectivity index (χ3n) is 7.09. The number of rotatable bonds is 29. The maximum atomic E-state index is 11.9. The molecule has 0 saturated carbocycles. The van der Waals surface area contributed by atoms with Crippen LogP contribution in [0, 0.1) is 0 Å². The zero-order valence-electron chi connectivity index (χ0n) is 24.7. The number of ether oxygens (including phenoxy) is 1. The van der Waals surface area contributed by atoms with Gasteiger partial charge < -0.3 is 4.74 Å². The van der Waals surface area contributed by atoms with Gasteiger partial charge in [0, 0.05) is 6.42 Å². The summed E-state index contributed by atoms with van der Waals surface area (Å²) < 4.78 is 5.41. The van der Waals surface area contributed by atoms with Crippen LogP contribution < -0.4 is 0 Å². The predicted molar refractivity (Wildman–Crippen MR) is 161 cm³/mol. The first-order chi connectivity index (χ1) is 17.8. The van der Waals surface area contributed by atoms with Crippen molar-refractivity contribution in [1.29, 1.82) is 0 Å². The highest BCUT2D eigenvalue weighted by molar-refractivity contribution is 5.69. The molecule has 0 saturated heterocycles. The highest BCUT2D eigenvalue weighted by Gasteiger charge is 2.02. The van der Waals surface area contributed by atoms with Crippen molar-refractivity contribution in [3.63, 3.8) is 0 Å². The summed E-state index contributed by atoms with van der Waals surface area (Å²) >= 11 is 0. The van der Waals surface area contributed by atoms with E-state index in [0.717, 1.165) is 25.7 Å². The monoisotopic (exact) mass is 504 g/mol. The molecule has 2 heteroatoms. The van der Waals surface area contributed by atoms with Crippen molar-refractivity contribution in [2.75, 3.05) is 6.61 Å². The maximum absolute atomic E-state index is 11.9. The van der Waals surface area contributed by atoms with Crippen LogP contribution in [-0.2, 0) is 9.53 Å². The number of esters is 1. The van der Waals surface area contributed by atoms with Crippen LogP contribution in [0.25, 0.3) is 0 Å². The number of carbonyl (C=O) groups excluding carboxylic acids is 1. The lowest BCUT2D eigenvalue weighted by Crippen LogP contribution is -2.05. The lowest BCUT2D eigenvalue weighted by atomic mass is 10.0. The highest BCUT2D eigenvalue weighted by atomic mass is 16.5. The van der Waals surface area contributed by atoms with Gasteiger partial charge in [0.25, 0.3) is 0 Å². The van der Waals surface area contributed by atoms with Gasteiger partial charge in [-0.3, -0.25) is 4.79 Å². The minimum atomic E-state index is 0.00961. The van der Waals surface area contributed by atoms with Crippen molar-refractivity contribution in [3.05, 3.63) is 24.3 Å². The van der Waals surface area contributed by atoms with Gasteiger partial charge in [-0.25, -0.2) is 0 Å². The van der Waals surface area contributed by atoms with E-state index in [2.05, 4.69) is 38.2 Å². The molecule has 0 aliphatic carbocycles. The molecule has 0 heterocycles. The lowest BCUT2D eigenvalue weighted by molar-refractivity contribution is -0.143. The van der Waals surface area contributed by atoms with Gasteiger partial charge >= 0.3 is 5.97 Å². The average Bonchev–Trinajstić information content (AvgIpc) is 2.88. The Balaban J connectivity index is 3.22. The minimum Gasteiger partial charge on any atom is -0.466 e. The summed E-state index contributed by atoms with van der Waals surface area (Å²) in [6, 6.07) is 0. The van der Waals surface area contributed by atoms with Gasteiger partial charge in [-0.15, -0.1) is 0 Å². The molecule has 0 aliphatic heterocycles. The van der Waals surface area contributed by atoms with Crippen molar-refractivity contribution in [1.82, 2.24) is 0 Å². The summed E-state index contributed by atoms with van der Waals surface area (Å²) in [6.07, 6.45) is 42.2. The van der Waals surface area contributed by atoms with Crippen LogP contribution in [0.3, 0.4) is 0 Å². The molecule has 0 fully saturated rings. The van der Waals surface area contributed by atoms with Crippen LogP contribution in [-0.4, -0.2) is 12.6 Å². The fourth-order valence-corrected chi connectivity index (χ4v) is 4.64. The average molecular weight is 505 g/mol. The van der Waals surface area contributed by atoms with E-state index >= 15 is 0 Å². The molecule has 0 amide bonds. The Morgan fingerprint density at radius 3 is 1.39 bits per heavy atom. The van der Waals surface area contributed by atoms with Crippen LogP contribution in [0.1, 0.15) is 181 Å². The van der Waals surface area contributed by atoms with Crippen molar-refractivity contribution < 1.29 is 9.53 Å². The lowest BCUT2D eigenvalue weighted by Gasteiger charge is -2.05. The Hall–Kier alpha value is -1.05. The van der Waals surface area contributed by atoms with E-state index < -0.39 is 0 Å². The largest absolute Gasteiger partial charge is 0.466 e. The SMILES string of the molecule is CCCCCC=CCC=CCCCCCCCC(=O)OCCCCCCCCCCCCCCCC. The van der Waals surface area contributed by atoms with Crippen LogP contribution in [0.2, 0.25) is 0 Å². The molecule has 0 aliphatic rings. The summed E-state index contributed by atoms with van der Waals surface area (Å²) in [7, 11) is 0. The van der Waals surface area contributed by atoms with Gasteiger partial charge in [-0.1, -0.05) is 154 Å².